The molecule has 0 saturated carbocycles. The summed E-state index contributed by atoms with van der Waals surface area (Å²) in [6, 6.07) is -5.17. The average molecular weight is 1210 g/mol. The van der Waals surface area contributed by atoms with Gasteiger partial charge in [0.05, 0.1) is 0 Å². The largest absolute Gasteiger partial charge is 0.471 e. The maximum Gasteiger partial charge on any atom is 0.471 e. The van der Waals surface area contributed by atoms with Crippen molar-refractivity contribution in [3.8, 4) is 0 Å². The quantitative estimate of drug-likeness (QED) is 0.0221. The number of hydrogen-bond acceptors (Lipinski definition) is 20. The van der Waals surface area contributed by atoms with Crippen molar-refractivity contribution in [1.29, 1.82) is 0 Å². The number of halogens is 6. The van der Waals surface area contributed by atoms with Crippen molar-refractivity contribution < 1.29 is 88.7 Å². The Hall–Kier alpha value is -4.86. The molecule has 17 N–H and O–H groups in total. The summed E-state index contributed by atoms with van der Waals surface area (Å²) in [5.74, 6) is -7.91. The van der Waals surface area contributed by atoms with Crippen LogP contribution in [0.25, 0.3) is 0 Å². The van der Waals surface area contributed by atoms with Crippen LogP contribution in [0.1, 0.15) is 27.7 Å². The second kappa shape index (κ2) is 49.0. The molecule has 0 fully saturated rings. The number of amides is 13. The number of thiol groups is 7. The Balaban J connectivity index is -0.000000143. The molecule has 0 aromatic carbocycles. The van der Waals surface area contributed by atoms with Gasteiger partial charge in [0.1, 0.15) is 36.3 Å². The first-order valence-corrected chi connectivity index (χ1v) is 24.2. The molecule has 0 unspecified atom stereocenters. The van der Waals surface area contributed by atoms with E-state index in [1.807, 2.05) is 0 Å². The van der Waals surface area contributed by atoms with Gasteiger partial charge < -0.3 is 70.8 Å². The van der Waals surface area contributed by atoms with E-state index in [0.29, 0.717) is 30.2 Å². The third-order valence-corrected chi connectivity index (χ3v) is 8.98. The fourth-order valence-electron chi connectivity index (χ4n) is 3.15. The molecular weight excluding hydrogens is 1150 g/mol. The van der Waals surface area contributed by atoms with E-state index >= 15 is 0 Å². The summed E-state index contributed by atoms with van der Waals surface area (Å²) >= 11 is 26.4. The van der Waals surface area contributed by atoms with Crippen molar-refractivity contribution in [3.05, 3.63) is 0 Å². The topological polar surface area (TPSA) is 434 Å². The molecule has 26 nitrogen and oxygen atoms in total. The van der Waals surface area contributed by atoms with E-state index in [1.54, 1.807) is 0 Å². The zero-order valence-electron chi connectivity index (χ0n) is 40.2. The molecule has 0 bridgehead atoms. The number of carbonyl (C=O) groups excluding carboxylic acids is 13. The fraction of sp³-hybridized carbons (Fsp3) is 0.629. The summed E-state index contributed by atoms with van der Waals surface area (Å²) in [4.78, 5) is 135. The first-order chi connectivity index (χ1) is 33.9. The van der Waals surface area contributed by atoms with Gasteiger partial charge in [-0.25, -0.2) is 0 Å². The number of alkyl halides is 6. The van der Waals surface area contributed by atoms with Gasteiger partial charge in [0.25, 0.3) is 0 Å². The Labute approximate surface area is 460 Å². The van der Waals surface area contributed by atoms with Crippen LogP contribution in [0.3, 0.4) is 0 Å². The highest BCUT2D eigenvalue weighted by molar-refractivity contribution is 7.81. The van der Waals surface area contributed by atoms with Gasteiger partial charge in [-0.3, -0.25) is 62.3 Å². The molecule has 0 aromatic heterocycles. The van der Waals surface area contributed by atoms with Crippen LogP contribution >= 0.6 is 88.4 Å². The van der Waals surface area contributed by atoms with Crippen LogP contribution in [-0.4, -0.2) is 187 Å². The zero-order chi connectivity index (χ0) is 60.1. The molecule has 13 amide bonds. The van der Waals surface area contributed by atoms with E-state index in [2.05, 4.69) is 137 Å². The fourth-order valence-corrected chi connectivity index (χ4v) is 4.88. The molecule has 0 aliphatic heterocycles. The molecule has 39 heteroatoms. The number of primary amides is 4. The number of hydrogen-bond donors (Lipinski definition) is 20. The molecule has 0 rings (SSSR count). The van der Waals surface area contributed by atoms with Crippen molar-refractivity contribution in [1.82, 2.24) is 47.9 Å². The Morgan fingerprint density at radius 3 is 0.730 bits per heavy atom. The highest BCUT2D eigenvalue weighted by Gasteiger charge is 2.41. The first-order valence-electron chi connectivity index (χ1n) is 19.7. The second-order valence-corrected chi connectivity index (χ2v) is 15.4. The summed E-state index contributed by atoms with van der Waals surface area (Å²) in [5, 5.41) is 19.6. The normalized spacial score (nSPS) is 12.2. The van der Waals surface area contributed by atoms with Gasteiger partial charge in [-0.15, -0.1) is 0 Å². The van der Waals surface area contributed by atoms with Gasteiger partial charge in [-0.1, -0.05) is 0 Å². The van der Waals surface area contributed by atoms with Crippen molar-refractivity contribution in [2.75, 3.05) is 60.9 Å². The number of carbonyl (C=O) groups is 13. The van der Waals surface area contributed by atoms with E-state index in [1.165, 1.54) is 52.4 Å². The minimum atomic E-state index is -5.02. The lowest BCUT2D eigenvalue weighted by Gasteiger charge is -2.13. The van der Waals surface area contributed by atoms with Crippen molar-refractivity contribution in [3.63, 3.8) is 0 Å². The molecule has 0 saturated heterocycles. The van der Waals surface area contributed by atoms with Gasteiger partial charge in [-0.05, 0) is 0 Å². The summed E-state index contributed by atoms with van der Waals surface area (Å²) in [7, 11) is 3.03. The molecule has 0 radical (unpaired) electrons. The zero-order valence-corrected chi connectivity index (χ0v) is 46.5. The molecule has 0 heterocycles. The Morgan fingerprint density at radius 2 is 0.622 bits per heavy atom. The van der Waals surface area contributed by atoms with Crippen LogP contribution < -0.4 is 70.8 Å². The molecule has 6 atom stereocenters. The number of nitrogens with two attached hydrogens (primary N) is 4. The molecule has 0 aliphatic carbocycles. The summed E-state index contributed by atoms with van der Waals surface area (Å²) in [6.45, 7) is 6.02. The van der Waals surface area contributed by atoms with Gasteiger partial charge in [0.15, 0.2) is 0 Å². The van der Waals surface area contributed by atoms with Crippen LogP contribution in [0.15, 0.2) is 0 Å². The SMILES string of the molecule is CC(=O)N[C@@H](CS)C(N)=O.CC(=O)N[C@H](CS)C(N)=O.CNC(=O)[C@@H](CS)NC(C)=O.CNC(=O)[C@H](CS)NC(C)=O.NC(=O)[C@@H](CS)NC(=O)C(F)(F)F.NC(=O)[C@H](CS)NC(=O)C(F)(F)F.O=CNCCS. The number of likely N-dealkylation sites (N-methyl/N-ethyl adjacent to an activating group) is 2. The van der Waals surface area contributed by atoms with E-state index < -0.39 is 84.0 Å². The van der Waals surface area contributed by atoms with E-state index in [4.69, 9.17) is 11.5 Å². The van der Waals surface area contributed by atoms with Gasteiger partial charge in [-0.2, -0.15) is 115 Å². The predicted octanol–water partition coefficient (Wildman–Crippen LogP) is -5.29. The summed E-state index contributed by atoms with van der Waals surface area (Å²) < 4.78 is 69.7. The maximum absolute atomic E-state index is 11.6. The average Bonchev–Trinajstić information content (AvgIpc) is 3.30. The maximum atomic E-state index is 11.6. The molecule has 0 aromatic rings. The Morgan fingerprint density at radius 1 is 0.419 bits per heavy atom. The second-order valence-electron chi connectivity index (χ2n) is 12.8. The first kappa shape index (κ1) is 83.1. The Kier molecular flexibility index (Phi) is 55.1. The highest BCUT2D eigenvalue weighted by Crippen LogP contribution is 2.15. The van der Waals surface area contributed by atoms with Crippen molar-refractivity contribution in [2.45, 2.75) is 76.3 Å². The molecule has 432 valence electrons. The standard InChI is InChI=1S/2C6H12N2O2S.2C5H7F3N2O2S.2C5H10N2O2S.C3H7NOS/c2*1-4(9)8-5(3-11)6(10)7-2;2*6-5(7,8)4(12)10-2(1-13)3(9)11;2*1-3(8)7-4(2-10)5(6)9;5-3-4-1-2-6/h2*5,11H,3H2,1-2H3,(H,7,10)(H,8,9);2*2,13H,1H2,(H2,9,11)(H,10,12);2*4,10H,2H2,1H3,(H2,6,9)(H,7,8);3,6H,1-2H2,(H,4,5)/t2*5-;2*2-;2*4-;/m101010./s1. The van der Waals surface area contributed by atoms with Crippen molar-refractivity contribution >= 4 is 166 Å². The van der Waals surface area contributed by atoms with Gasteiger partial charge in [0, 0.05) is 88.6 Å². The summed E-state index contributed by atoms with van der Waals surface area (Å²) in [5.41, 5.74) is 19.1. The van der Waals surface area contributed by atoms with E-state index in [-0.39, 0.29) is 58.5 Å². The monoisotopic (exact) mass is 1210 g/mol. The van der Waals surface area contributed by atoms with Crippen LogP contribution in [0, 0.1) is 0 Å². The molecular formula is C35H65F6N13O13S7. The van der Waals surface area contributed by atoms with Crippen LogP contribution in [0.5, 0.6) is 0 Å². The molecule has 74 heavy (non-hydrogen) atoms. The summed E-state index contributed by atoms with van der Waals surface area (Å²) in [6.07, 6.45) is -9.37. The minimum absolute atomic E-state index is 0.227. The number of rotatable bonds is 21. The third-order valence-electron chi connectivity index (χ3n) is 6.57. The van der Waals surface area contributed by atoms with E-state index in [9.17, 15) is 88.7 Å². The van der Waals surface area contributed by atoms with Gasteiger partial charge >= 0.3 is 24.2 Å². The highest BCUT2D eigenvalue weighted by atomic mass is 32.1. The lowest BCUT2D eigenvalue weighted by molar-refractivity contribution is -0.174. The van der Waals surface area contributed by atoms with Gasteiger partial charge in [0.2, 0.25) is 65.5 Å². The Bertz CT molecular complexity index is 1650. The lowest BCUT2D eigenvalue weighted by atomic mass is 10.3. The van der Waals surface area contributed by atoms with Crippen LogP contribution in [-0.2, 0) is 62.3 Å². The molecule has 0 spiro atoms. The van der Waals surface area contributed by atoms with Crippen LogP contribution in [0.2, 0.25) is 0 Å². The molecule has 0 aliphatic rings. The predicted molar refractivity (Wildman–Crippen MR) is 282 cm³/mol. The van der Waals surface area contributed by atoms with E-state index in [0.717, 1.165) is 0 Å². The van der Waals surface area contributed by atoms with Crippen molar-refractivity contribution in [2.24, 2.45) is 22.9 Å². The number of nitrogens with one attached hydrogen (secondary N) is 9. The third kappa shape index (κ3) is 53.4. The smallest absolute Gasteiger partial charge is 0.368 e. The van der Waals surface area contributed by atoms with Crippen LogP contribution in [0.4, 0.5) is 26.3 Å². The minimum Gasteiger partial charge on any atom is -0.368 e. The lowest BCUT2D eigenvalue weighted by Crippen LogP contribution is -2.50.